The maximum atomic E-state index is 13.5. The van der Waals surface area contributed by atoms with Gasteiger partial charge in [0.2, 0.25) is 5.91 Å². The van der Waals surface area contributed by atoms with E-state index in [2.05, 4.69) is 10.3 Å². The molecule has 3 aromatic heterocycles. The Balaban J connectivity index is 1.89. The number of hydrogen-bond donors (Lipinski definition) is 1. The number of amides is 1. The van der Waals surface area contributed by atoms with Gasteiger partial charge in [-0.3, -0.25) is 18.7 Å². The number of anilines is 1. The summed E-state index contributed by atoms with van der Waals surface area (Å²) >= 11 is 0. The number of carbonyl (C=O) groups excluding carboxylic acids is 2. The topological polar surface area (TPSA) is 125 Å². The summed E-state index contributed by atoms with van der Waals surface area (Å²) in [7, 11) is 1.19. The molecule has 0 unspecified atom stereocenters. The number of aromatic nitrogens is 3. The van der Waals surface area contributed by atoms with Gasteiger partial charge in [-0.15, -0.1) is 0 Å². The summed E-state index contributed by atoms with van der Waals surface area (Å²) in [6, 6.07) is 10.2. The van der Waals surface area contributed by atoms with Gasteiger partial charge in [-0.25, -0.2) is 14.6 Å². The highest BCUT2D eigenvalue weighted by atomic mass is 16.5. The Morgan fingerprint density at radius 3 is 2.54 bits per heavy atom. The van der Waals surface area contributed by atoms with Crippen molar-refractivity contribution in [2.75, 3.05) is 12.4 Å². The molecule has 1 amide bonds. The summed E-state index contributed by atoms with van der Waals surface area (Å²) < 4.78 is 12.2. The molecule has 180 valence electrons. The molecule has 4 rings (SSSR count). The largest absolute Gasteiger partial charge is 0.467 e. The van der Waals surface area contributed by atoms with Crippen LogP contribution in [0.5, 0.6) is 0 Å². The van der Waals surface area contributed by atoms with Crippen LogP contribution in [0.3, 0.4) is 0 Å². The Labute approximate surface area is 199 Å². The molecule has 0 spiro atoms. The second kappa shape index (κ2) is 9.41. The van der Waals surface area contributed by atoms with Crippen LogP contribution < -0.4 is 16.6 Å². The highest BCUT2D eigenvalue weighted by molar-refractivity contribution is 6.02. The molecule has 10 heteroatoms. The lowest BCUT2D eigenvalue weighted by atomic mass is 10.1. The molecule has 0 aliphatic rings. The number of pyridine rings is 1. The second-order valence-corrected chi connectivity index (χ2v) is 8.14. The zero-order valence-electron chi connectivity index (χ0n) is 19.7. The average molecular weight is 476 g/mol. The molecule has 1 N–H and O–H groups in total. The minimum atomic E-state index is -0.815. The highest BCUT2D eigenvalue weighted by Gasteiger charge is 2.23. The fraction of sp³-hybridized carbons (Fsp3) is 0.240. The Bertz CT molecular complexity index is 1560. The molecule has 3 heterocycles. The zero-order chi connectivity index (χ0) is 25.3. The van der Waals surface area contributed by atoms with E-state index in [1.165, 1.54) is 24.0 Å². The number of hydrogen-bond acceptors (Lipinski definition) is 7. The number of nitrogens with one attached hydrogen (secondary N) is 1. The summed E-state index contributed by atoms with van der Waals surface area (Å²) in [6.45, 7) is 4.79. The fourth-order valence-corrected chi connectivity index (χ4v) is 3.85. The standard InChI is InChI=1S/C25H24N4O6/c1-14-7-5-9-19(16(14)3)27-20(30)13-29-23(31)21-18(24(32)34-4)11-15(2)26-22(21)28(25(29)33)12-17-8-6-10-35-17/h5-11H,12-13H2,1-4H3,(H,27,30). The van der Waals surface area contributed by atoms with Crippen LogP contribution in [0.4, 0.5) is 5.69 Å². The highest BCUT2D eigenvalue weighted by Crippen LogP contribution is 2.19. The number of ether oxygens (including phenoxy) is 1. The summed E-state index contributed by atoms with van der Waals surface area (Å²) in [5.41, 5.74) is 1.22. The number of furan rings is 1. The number of carbonyl (C=O) groups is 2. The fourth-order valence-electron chi connectivity index (χ4n) is 3.85. The lowest BCUT2D eigenvalue weighted by Gasteiger charge is -2.15. The number of methoxy groups -OCH3 is 1. The predicted octanol–water partition coefficient (Wildman–Crippen LogP) is 2.55. The molecule has 1 aromatic carbocycles. The van der Waals surface area contributed by atoms with Gasteiger partial charge in [0, 0.05) is 11.4 Å². The number of aryl methyl sites for hydroxylation is 2. The van der Waals surface area contributed by atoms with Crippen molar-refractivity contribution in [3.8, 4) is 0 Å². The van der Waals surface area contributed by atoms with E-state index in [-0.39, 0.29) is 23.1 Å². The molecule has 0 radical (unpaired) electrons. The van der Waals surface area contributed by atoms with E-state index in [1.54, 1.807) is 31.2 Å². The molecular formula is C25H24N4O6. The summed E-state index contributed by atoms with van der Waals surface area (Å²) in [6.07, 6.45) is 1.45. The van der Waals surface area contributed by atoms with Crippen molar-refractivity contribution in [2.24, 2.45) is 0 Å². The van der Waals surface area contributed by atoms with Crippen LogP contribution in [-0.4, -0.2) is 33.1 Å². The van der Waals surface area contributed by atoms with Crippen molar-refractivity contribution in [3.05, 3.63) is 91.6 Å². The summed E-state index contributed by atoms with van der Waals surface area (Å²) in [5, 5.41) is 2.63. The maximum Gasteiger partial charge on any atom is 0.338 e. The number of esters is 1. The van der Waals surface area contributed by atoms with Crippen LogP contribution in [0.15, 0.2) is 56.7 Å². The normalized spacial score (nSPS) is 11.0. The SMILES string of the molecule is COC(=O)c1cc(C)nc2c1c(=O)n(CC(=O)Nc1cccc(C)c1C)c(=O)n2Cc1ccco1. The molecule has 0 aliphatic carbocycles. The number of benzene rings is 1. The quantitative estimate of drug-likeness (QED) is 0.424. The Morgan fingerprint density at radius 1 is 1.09 bits per heavy atom. The lowest BCUT2D eigenvalue weighted by molar-refractivity contribution is -0.116. The van der Waals surface area contributed by atoms with Crippen molar-refractivity contribution in [3.63, 3.8) is 0 Å². The van der Waals surface area contributed by atoms with Crippen molar-refractivity contribution >= 4 is 28.6 Å². The Morgan fingerprint density at radius 2 is 1.86 bits per heavy atom. The van der Waals surface area contributed by atoms with Gasteiger partial charge < -0.3 is 14.5 Å². The summed E-state index contributed by atoms with van der Waals surface area (Å²) in [4.78, 5) is 56.7. The summed E-state index contributed by atoms with van der Waals surface area (Å²) in [5.74, 6) is -0.893. The Hall–Kier alpha value is -4.47. The molecule has 0 saturated heterocycles. The van der Waals surface area contributed by atoms with Crippen LogP contribution in [0.2, 0.25) is 0 Å². The van der Waals surface area contributed by atoms with Crippen LogP contribution >= 0.6 is 0 Å². The van der Waals surface area contributed by atoms with Gasteiger partial charge in [0.05, 0.1) is 30.9 Å². The lowest BCUT2D eigenvalue weighted by Crippen LogP contribution is -2.43. The van der Waals surface area contributed by atoms with E-state index >= 15 is 0 Å². The molecule has 0 saturated carbocycles. The van der Waals surface area contributed by atoms with E-state index in [0.717, 1.165) is 15.7 Å². The first-order chi connectivity index (χ1) is 16.7. The van der Waals surface area contributed by atoms with Gasteiger partial charge in [0.1, 0.15) is 12.3 Å². The van der Waals surface area contributed by atoms with Crippen molar-refractivity contribution in [2.45, 2.75) is 33.9 Å². The van der Waals surface area contributed by atoms with Gasteiger partial charge in [0.15, 0.2) is 5.65 Å². The molecule has 0 fully saturated rings. The molecule has 35 heavy (non-hydrogen) atoms. The molecule has 0 bridgehead atoms. The van der Waals surface area contributed by atoms with Gasteiger partial charge in [0.25, 0.3) is 5.56 Å². The number of rotatable bonds is 6. The van der Waals surface area contributed by atoms with Gasteiger partial charge in [-0.2, -0.15) is 0 Å². The van der Waals surface area contributed by atoms with E-state index in [9.17, 15) is 19.2 Å². The smallest absolute Gasteiger partial charge is 0.338 e. The maximum absolute atomic E-state index is 13.5. The van der Waals surface area contributed by atoms with Gasteiger partial charge in [-0.1, -0.05) is 12.1 Å². The van der Waals surface area contributed by atoms with E-state index in [0.29, 0.717) is 17.1 Å². The molecule has 0 aliphatic heterocycles. The Kier molecular flexibility index (Phi) is 6.37. The third-order valence-corrected chi connectivity index (χ3v) is 5.78. The van der Waals surface area contributed by atoms with Gasteiger partial charge in [-0.05, 0) is 56.2 Å². The van der Waals surface area contributed by atoms with Crippen LogP contribution in [0.25, 0.3) is 11.0 Å². The first kappa shape index (κ1) is 23.7. The molecule has 0 atom stereocenters. The molecular weight excluding hydrogens is 452 g/mol. The van der Waals surface area contributed by atoms with E-state index in [4.69, 9.17) is 9.15 Å². The number of fused-ring (bicyclic) bond motifs is 1. The van der Waals surface area contributed by atoms with Crippen LogP contribution in [0, 0.1) is 20.8 Å². The van der Waals surface area contributed by atoms with Crippen LogP contribution in [0.1, 0.15) is 32.9 Å². The minimum Gasteiger partial charge on any atom is -0.467 e. The third-order valence-electron chi connectivity index (χ3n) is 5.78. The first-order valence-electron chi connectivity index (χ1n) is 10.8. The average Bonchev–Trinajstić information content (AvgIpc) is 3.34. The predicted molar refractivity (Wildman–Crippen MR) is 129 cm³/mol. The molecule has 4 aromatic rings. The van der Waals surface area contributed by atoms with Crippen molar-refractivity contribution in [1.29, 1.82) is 0 Å². The molecule has 10 nitrogen and oxygen atoms in total. The monoisotopic (exact) mass is 476 g/mol. The second-order valence-electron chi connectivity index (χ2n) is 8.14. The van der Waals surface area contributed by atoms with E-state index < -0.39 is 29.7 Å². The third kappa shape index (κ3) is 4.50. The van der Waals surface area contributed by atoms with Crippen LogP contribution in [-0.2, 0) is 22.6 Å². The first-order valence-corrected chi connectivity index (χ1v) is 10.8. The number of nitrogens with zero attached hydrogens (tertiary/aromatic N) is 3. The zero-order valence-corrected chi connectivity index (χ0v) is 19.7. The van der Waals surface area contributed by atoms with E-state index in [1.807, 2.05) is 19.9 Å². The van der Waals surface area contributed by atoms with Crippen molar-refractivity contribution in [1.82, 2.24) is 14.1 Å². The minimum absolute atomic E-state index is 0.00277. The van der Waals surface area contributed by atoms with Gasteiger partial charge >= 0.3 is 11.7 Å². The van der Waals surface area contributed by atoms with Crippen molar-refractivity contribution < 1.29 is 18.7 Å².